The Balaban J connectivity index is 0.000000241. The van der Waals surface area contributed by atoms with Crippen LogP contribution in [0.4, 0.5) is 0 Å². The highest BCUT2D eigenvalue weighted by molar-refractivity contribution is 5.70. The quantitative estimate of drug-likeness (QED) is 0.625. The number of hydrogen-bond donors (Lipinski definition) is 0. The van der Waals surface area contributed by atoms with Gasteiger partial charge in [-0.25, -0.2) is 0 Å². The summed E-state index contributed by atoms with van der Waals surface area (Å²) in [4.78, 5) is 3.78. The maximum atomic E-state index is 3.78. The summed E-state index contributed by atoms with van der Waals surface area (Å²) in [6.45, 7) is 7.45. The van der Waals surface area contributed by atoms with Crippen LogP contribution in [0.3, 0.4) is 0 Å². The van der Waals surface area contributed by atoms with Crippen molar-refractivity contribution in [2.75, 3.05) is 0 Å². The van der Waals surface area contributed by atoms with Crippen molar-refractivity contribution in [3.63, 3.8) is 0 Å². The highest BCUT2D eigenvalue weighted by atomic mass is 14.6. The zero-order valence-corrected chi connectivity index (χ0v) is 8.85. The Bertz CT molecular complexity index is 283. The second-order valence-corrected chi connectivity index (χ2v) is 2.67. The van der Waals surface area contributed by atoms with Gasteiger partial charge in [0.25, 0.3) is 0 Å². The Kier molecular flexibility index (Phi) is 8.36. The second-order valence-electron chi connectivity index (χ2n) is 2.67. The molecule has 0 aliphatic heterocycles. The average molecular weight is 187 g/mol. The molecule has 0 aliphatic rings. The lowest BCUT2D eigenvalue weighted by Crippen LogP contribution is -1.62. The molecule has 0 spiro atoms. The van der Waals surface area contributed by atoms with Crippen LogP contribution in [0.5, 0.6) is 0 Å². The fraction of sp³-hybridized carbons (Fsp3) is 0.154. The number of allylic oxidation sites excluding steroid dienone is 2. The molecule has 0 atom stereocenters. The van der Waals surface area contributed by atoms with Gasteiger partial charge >= 0.3 is 0 Å². The molecule has 0 fully saturated rings. The number of benzene rings is 1. The van der Waals surface area contributed by atoms with E-state index in [0.29, 0.717) is 0 Å². The molecule has 0 heterocycles. The third kappa shape index (κ3) is 8.47. The van der Waals surface area contributed by atoms with E-state index in [1.807, 2.05) is 31.2 Å². The van der Waals surface area contributed by atoms with Crippen LogP contribution in [0.1, 0.15) is 12.5 Å². The van der Waals surface area contributed by atoms with Crippen LogP contribution in [-0.2, 0) is 0 Å². The molecule has 0 aliphatic carbocycles. The van der Waals surface area contributed by atoms with Crippen molar-refractivity contribution < 1.29 is 0 Å². The first kappa shape index (κ1) is 12.4. The van der Waals surface area contributed by atoms with E-state index in [9.17, 15) is 0 Å². The summed E-state index contributed by atoms with van der Waals surface area (Å²) in [5, 5.41) is 0. The minimum absolute atomic E-state index is 1.32. The van der Waals surface area contributed by atoms with Crippen LogP contribution in [0.25, 0.3) is 0 Å². The largest absolute Gasteiger partial charge is 0.265 e. The molecule has 0 aromatic heterocycles. The first-order valence-corrected chi connectivity index (χ1v) is 4.58. The van der Waals surface area contributed by atoms with Crippen molar-refractivity contribution in [3.8, 4) is 0 Å². The van der Waals surface area contributed by atoms with E-state index < -0.39 is 0 Å². The van der Waals surface area contributed by atoms with E-state index in [2.05, 4.69) is 30.6 Å². The first-order chi connectivity index (χ1) is 6.81. The zero-order chi connectivity index (χ0) is 10.6. The molecule has 0 unspecified atom stereocenters. The van der Waals surface area contributed by atoms with Gasteiger partial charge in [-0.1, -0.05) is 54.6 Å². The molecule has 14 heavy (non-hydrogen) atoms. The summed E-state index contributed by atoms with van der Waals surface area (Å²) in [5.74, 6) is 0. The van der Waals surface area contributed by atoms with Gasteiger partial charge in [-0.3, -0.25) is 4.99 Å². The molecule has 74 valence electrons. The highest BCUT2D eigenvalue weighted by Crippen LogP contribution is 1.92. The molecule has 0 N–H and O–H groups in total. The fourth-order valence-corrected chi connectivity index (χ4v) is 0.731. The molecule has 1 nitrogen and oxygen atoms in total. The smallest absolute Gasteiger partial charge is 0.0261 e. The van der Waals surface area contributed by atoms with Crippen molar-refractivity contribution in [2.45, 2.75) is 13.8 Å². The molecule has 0 bridgehead atoms. The molecule has 1 aromatic rings. The summed E-state index contributed by atoms with van der Waals surface area (Å²) < 4.78 is 0. The summed E-state index contributed by atoms with van der Waals surface area (Å²) >= 11 is 0. The molecule has 1 rings (SSSR count). The third-order valence-electron chi connectivity index (χ3n) is 1.37. The average Bonchev–Trinajstić information content (AvgIpc) is 2.21. The Morgan fingerprint density at radius 1 is 1.21 bits per heavy atom. The minimum atomic E-state index is 1.32. The lowest BCUT2D eigenvalue weighted by molar-refractivity contribution is 1.48. The molecule has 1 heteroatoms. The minimum Gasteiger partial charge on any atom is -0.265 e. The van der Waals surface area contributed by atoms with Gasteiger partial charge in [0.1, 0.15) is 0 Å². The Hall–Kier alpha value is -1.63. The van der Waals surface area contributed by atoms with Gasteiger partial charge in [0.2, 0.25) is 0 Å². The fourth-order valence-electron chi connectivity index (χ4n) is 0.731. The zero-order valence-electron chi connectivity index (χ0n) is 8.85. The van der Waals surface area contributed by atoms with Gasteiger partial charge < -0.3 is 0 Å². The molecule has 0 radical (unpaired) electrons. The van der Waals surface area contributed by atoms with Crippen molar-refractivity contribution in [1.82, 2.24) is 0 Å². The molecular formula is C13H17N. The van der Waals surface area contributed by atoms with E-state index >= 15 is 0 Å². The van der Waals surface area contributed by atoms with Crippen LogP contribution < -0.4 is 0 Å². The second kappa shape index (κ2) is 9.46. The van der Waals surface area contributed by atoms with Gasteiger partial charge in [0.15, 0.2) is 0 Å². The van der Waals surface area contributed by atoms with Crippen LogP contribution in [0.2, 0.25) is 0 Å². The third-order valence-corrected chi connectivity index (χ3v) is 1.37. The number of aliphatic imine (C=N–C) groups is 1. The number of hydrogen-bond acceptors (Lipinski definition) is 1. The first-order valence-electron chi connectivity index (χ1n) is 4.58. The standard InChI is InChI=1S/C7H8.C6H9N/c1-7-5-3-2-4-6-7;1-3-5-7-6-4-2/h2-6H,1H3;3-6H,1H2,2H3/b;6-4-,7-5?. The van der Waals surface area contributed by atoms with Crippen molar-refractivity contribution in [1.29, 1.82) is 0 Å². The van der Waals surface area contributed by atoms with Crippen molar-refractivity contribution >= 4 is 6.21 Å². The molecule has 0 saturated heterocycles. The number of rotatable bonds is 2. The van der Waals surface area contributed by atoms with E-state index in [1.165, 1.54) is 5.56 Å². The van der Waals surface area contributed by atoms with Gasteiger partial charge in [0, 0.05) is 12.4 Å². The van der Waals surface area contributed by atoms with E-state index in [1.54, 1.807) is 18.5 Å². The summed E-state index contributed by atoms with van der Waals surface area (Å²) in [6.07, 6.45) is 6.85. The molecule has 0 saturated carbocycles. The maximum absolute atomic E-state index is 3.78. The van der Waals surface area contributed by atoms with Crippen LogP contribution in [0.15, 0.2) is 60.3 Å². The van der Waals surface area contributed by atoms with Gasteiger partial charge in [-0.05, 0) is 13.8 Å². The number of nitrogens with zero attached hydrogens (tertiary/aromatic N) is 1. The SMILES string of the molecule is C=CC=N/C=C\C.Cc1ccccc1. The summed E-state index contributed by atoms with van der Waals surface area (Å²) in [7, 11) is 0. The van der Waals surface area contributed by atoms with Crippen LogP contribution in [-0.4, -0.2) is 6.21 Å². The summed E-state index contributed by atoms with van der Waals surface area (Å²) in [6, 6.07) is 10.3. The lowest BCUT2D eigenvalue weighted by atomic mass is 10.2. The Morgan fingerprint density at radius 2 is 1.86 bits per heavy atom. The van der Waals surface area contributed by atoms with Crippen molar-refractivity contribution in [3.05, 3.63) is 60.8 Å². The summed E-state index contributed by atoms with van der Waals surface area (Å²) in [5.41, 5.74) is 1.32. The van der Waals surface area contributed by atoms with Crippen LogP contribution >= 0.6 is 0 Å². The predicted octanol–water partition coefficient (Wildman–Crippen LogP) is 3.77. The van der Waals surface area contributed by atoms with Crippen LogP contribution in [0, 0.1) is 6.92 Å². The van der Waals surface area contributed by atoms with E-state index in [4.69, 9.17) is 0 Å². The number of aryl methyl sites for hydroxylation is 1. The van der Waals surface area contributed by atoms with Gasteiger partial charge in [0.05, 0.1) is 0 Å². The highest BCUT2D eigenvalue weighted by Gasteiger charge is 1.72. The monoisotopic (exact) mass is 187 g/mol. The molecule has 0 amide bonds. The van der Waals surface area contributed by atoms with E-state index in [0.717, 1.165) is 0 Å². The topological polar surface area (TPSA) is 12.4 Å². The molecular weight excluding hydrogens is 170 g/mol. The normalized spacial score (nSPS) is 9.86. The molecule has 1 aromatic carbocycles. The van der Waals surface area contributed by atoms with Gasteiger partial charge in [-0.2, -0.15) is 0 Å². The van der Waals surface area contributed by atoms with E-state index in [-0.39, 0.29) is 0 Å². The van der Waals surface area contributed by atoms with Crippen molar-refractivity contribution in [2.24, 2.45) is 4.99 Å². The predicted molar refractivity (Wildman–Crippen MR) is 64.7 cm³/mol. The maximum Gasteiger partial charge on any atom is 0.0261 e. The van der Waals surface area contributed by atoms with Gasteiger partial charge in [-0.15, -0.1) is 0 Å². The Morgan fingerprint density at radius 3 is 2.21 bits per heavy atom. The lowest BCUT2D eigenvalue weighted by Gasteiger charge is -1.82. The Labute approximate surface area is 86.5 Å².